The molecule has 0 atom stereocenters. The molecule has 5 heteroatoms. The summed E-state index contributed by atoms with van der Waals surface area (Å²) in [7, 11) is 0. The summed E-state index contributed by atoms with van der Waals surface area (Å²) in [4.78, 5) is 20.2. The Bertz CT molecular complexity index is 462. The van der Waals surface area contributed by atoms with E-state index < -0.39 is 11.9 Å². The number of carbonyl (C=O) groups is 2. The number of aromatic carboxylic acids is 2. The SMILES string of the molecule is O=C([O-])c1ccccc1.O=C([O-])c1ccccc1.[Cr+2]. The number of rotatable bonds is 2. The summed E-state index contributed by atoms with van der Waals surface area (Å²) >= 11 is 0. The van der Waals surface area contributed by atoms with Crippen LogP contribution in [0.2, 0.25) is 0 Å². The van der Waals surface area contributed by atoms with Crippen LogP contribution in [-0.2, 0) is 17.4 Å². The van der Waals surface area contributed by atoms with Gasteiger partial charge in [-0.1, -0.05) is 60.7 Å². The molecular weight excluding hydrogens is 284 g/mol. The Morgan fingerprint density at radius 2 is 0.895 bits per heavy atom. The smallest absolute Gasteiger partial charge is 0.545 e. The number of benzene rings is 2. The Morgan fingerprint density at radius 3 is 1.05 bits per heavy atom. The van der Waals surface area contributed by atoms with Crippen LogP contribution in [0.15, 0.2) is 60.7 Å². The van der Waals surface area contributed by atoms with Crippen LogP contribution < -0.4 is 10.2 Å². The molecule has 0 N–H and O–H groups in total. The van der Waals surface area contributed by atoms with Gasteiger partial charge in [0.15, 0.2) is 0 Å². The van der Waals surface area contributed by atoms with E-state index in [9.17, 15) is 19.8 Å². The second kappa shape index (κ2) is 8.92. The predicted octanol–water partition coefficient (Wildman–Crippen LogP) is 0.0977. The van der Waals surface area contributed by atoms with Gasteiger partial charge in [0.1, 0.15) is 0 Å². The molecule has 0 aromatic heterocycles. The molecule has 0 aliphatic heterocycles. The standard InChI is InChI=1S/2C7H6O2.Cr/c2*8-7(9)6-4-2-1-3-5-6;/h2*1-5H,(H,8,9);/q;;+2/p-2. The monoisotopic (exact) mass is 294 g/mol. The molecular formula is C14H10CrO4. The van der Waals surface area contributed by atoms with E-state index in [1.807, 2.05) is 0 Å². The van der Waals surface area contributed by atoms with Crippen molar-refractivity contribution < 1.29 is 37.2 Å². The molecule has 19 heavy (non-hydrogen) atoms. The van der Waals surface area contributed by atoms with Crippen LogP contribution >= 0.6 is 0 Å². The Labute approximate surface area is 121 Å². The van der Waals surface area contributed by atoms with Crippen LogP contribution in [0.25, 0.3) is 0 Å². The van der Waals surface area contributed by atoms with E-state index in [1.165, 1.54) is 24.3 Å². The summed E-state index contributed by atoms with van der Waals surface area (Å²) in [5.41, 5.74) is 0.440. The van der Waals surface area contributed by atoms with Crippen molar-refractivity contribution in [2.75, 3.05) is 0 Å². The van der Waals surface area contributed by atoms with Crippen LogP contribution in [0.3, 0.4) is 0 Å². The first-order valence-electron chi connectivity index (χ1n) is 5.14. The zero-order valence-corrected chi connectivity index (χ0v) is 11.1. The third-order valence-electron chi connectivity index (χ3n) is 2.02. The number of carboxylic acids is 2. The van der Waals surface area contributed by atoms with Gasteiger partial charge < -0.3 is 19.8 Å². The molecule has 0 saturated heterocycles. The third kappa shape index (κ3) is 6.41. The van der Waals surface area contributed by atoms with Crippen molar-refractivity contribution in [3.8, 4) is 0 Å². The van der Waals surface area contributed by atoms with Crippen LogP contribution in [0, 0.1) is 0 Å². The van der Waals surface area contributed by atoms with Crippen molar-refractivity contribution >= 4 is 11.9 Å². The van der Waals surface area contributed by atoms with E-state index in [2.05, 4.69) is 0 Å². The van der Waals surface area contributed by atoms with Crippen LogP contribution in [0.4, 0.5) is 0 Å². The fourth-order valence-corrected chi connectivity index (χ4v) is 1.15. The first-order valence-corrected chi connectivity index (χ1v) is 5.14. The minimum atomic E-state index is -1.13. The van der Waals surface area contributed by atoms with Crippen LogP contribution in [0.5, 0.6) is 0 Å². The van der Waals surface area contributed by atoms with Gasteiger partial charge in [-0.25, -0.2) is 0 Å². The zero-order valence-electron chi connectivity index (χ0n) is 9.81. The first kappa shape index (κ1) is 16.9. The van der Waals surface area contributed by atoms with Gasteiger partial charge in [-0.3, -0.25) is 0 Å². The number of carbonyl (C=O) groups excluding carboxylic acids is 2. The average molecular weight is 294 g/mol. The molecule has 2 aromatic rings. The molecule has 2 aromatic carbocycles. The largest absolute Gasteiger partial charge is 2.00 e. The van der Waals surface area contributed by atoms with Gasteiger partial charge in [0.05, 0.1) is 11.9 Å². The van der Waals surface area contributed by atoms with E-state index in [1.54, 1.807) is 36.4 Å². The van der Waals surface area contributed by atoms with E-state index in [0.717, 1.165) is 0 Å². The van der Waals surface area contributed by atoms with E-state index in [0.29, 0.717) is 0 Å². The second-order valence-electron chi connectivity index (χ2n) is 3.31. The predicted molar refractivity (Wildman–Crippen MR) is 61.5 cm³/mol. The maximum atomic E-state index is 10.1. The number of carboxylic acid groups (broad SMARTS) is 2. The first-order chi connectivity index (χ1) is 8.61. The fraction of sp³-hybridized carbons (Fsp3) is 0. The molecule has 0 aliphatic carbocycles. The fourth-order valence-electron chi connectivity index (χ4n) is 1.15. The van der Waals surface area contributed by atoms with Gasteiger partial charge in [0, 0.05) is 0 Å². The summed E-state index contributed by atoms with van der Waals surface area (Å²) in [6.45, 7) is 0. The molecule has 0 bridgehead atoms. The molecule has 0 amide bonds. The summed E-state index contributed by atoms with van der Waals surface area (Å²) < 4.78 is 0. The molecule has 2 rings (SSSR count). The van der Waals surface area contributed by atoms with Gasteiger partial charge in [-0.05, 0) is 11.1 Å². The van der Waals surface area contributed by atoms with Crippen molar-refractivity contribution in [3.63, 3.8) is 0 Å². The average Bonchev–Trinajstić information content (AvgIpc) is 2.41. The van der Waals surface area contributed by atoms with Gasteiger partial charge >= 0.3 is 17.4 Å². The maximum Gasteiger partial charge on any atom is 2.00 e. The topological polar surface area (TPSA) is 80.3 Å². The quantitative estimate of drug-likeness (QED) is 0.786. The molecule has 0 saturated carbocycles. The van der Waals surface area contributed by atoms with Crippen molar-refractivity contribution in [1.82, 2.24) is 0 Å². The van der Waals surface area contributed by atoms with Gasteiger partial charge in [0.25, 0.3) is 0 Å². The molecule has 4 nitrogen and oxygen atoms in total. The molecule has 0 radical (unpaired) electrons. The third-order valence-corrected chi connectivity index (χ3v) is 2.02. The Morgan fingerprint density at radius 1 is 0.632 bits per heavy atom. The van der Waals surface area contributed by atoms with Crippen molar-refractivity contribution in [2.24, 2.45) is 0 Å². The second-order valence-corrected chi connectivity index (χ2v) is 3.31. The summed E-state index contributed by atoms with van der Waals surface area (Å²) in [5, 5.41) is 20.2. The molecule has 0 spiro atoms. The van der Waals surface area contributed by atoms with E-state index in [-0.39, 0.29) is 28.5 Å². The van der Waals surface area contributed by atoms with Crippen LogP contribution in [-0.4, -0.2) is 11.9 Å². The minimum absolute atomic E-state index is 0. The maximum absolute atomic E-state index is 10.1. The van der Waals surface area contributed by atoms with Gasteiger partial charge in [-0.2, -0.15) is 0 Å². The van der Waals surface area contributed by atoms with E-state index in [4.69, 9.17) is 0 Å². The van der Waals surface area contributed by atoms with Crippen molar-refractivity contribution in [1.29, 1.82) is 0 Å². The molecule has 0 fully saturated rings. The van der Waals surface area contributed by atoms with Crippen molar-refractivity contribution in [3.05, 3.63) is 71.8 Å². The van der Waals surface area contributed by atoms with Crippen molar-refractivity contribution in [2.45, 2.75) is 0 Å². The molecule has 0 aliphatic rings. The minimum Gasteiger partial charge on any atom is -0.545 e. The number of hydrogen-bond acceptors (Lipinski definition) is 4. The summed E-state index contributed by atoms with van der Waals surface area (Å²) in [5.74, 6) is -2.26. The molecule has 0 unspecified atom stereocenters. The van der Waals surface area contributed by atoms with E-state index >= 15 is 0 Å². The van der Waals surface area contributed by atoms with Gasteiger partial charge in [0.2, 0.25) is 0 Å². The zero-order chi connectivity index (χ0) is 13.4. The number of hydrogen-bond donors (Lipinski definition) is 0. The molecule has 0 heterocycles. The van der Waals surface area contributed by atoms with Gasteiger partial charge in [-0.15, -0.1) is 0 Å². The Balaban J connectivity index is 0.000000324. The normalized spacial score (nSPS) is 8.42. The Kier molecular flexibility index (Phi) is 7.94. The Hall–Kier alpha value is -2.09. The molecule has 96 valence electrons. The summed E-state index contributed by atoms with van der Waals surface area (Å²) in [6.07, 6.45) is 0. The summed E-state index contributed by atoms with van der Waals surface area (Å²) in [6, 6.07) is 16.1. The van der Waals surface area contributed by atoms with Crippen LogP contribution in [0.1, 0.15) is 20.7 Å².